The van der Waals surface area contributed by atoms with Crippen LogP contribution in [0.3, 0.4) is 0 Å². The molecule has 0 aromatic heterocycles. The Balaban J connectivity index is 0.886. The molecule has 0 fully saturated rings. The van der Waals surface area contributed by atoms with Crippen molar-refractivity contribution < 1.29 is 0 Å². The minimum atomic E-state index is 0.931. The van der Waals surface area contributed by atoms with Crippen molar-refractivity contribution in [2.75, 3.05) is 9.80 Å². The number of nitrogens with zero attached hydrogens (tertiary/aromatic N) is 2. The molecule has 0 radical (unpaired) electrons. The highest BCUT2D eigenvalue weighted by Gasteiger charge is 2.22. The zero-order valence-electron chi connectivity index (χ0n) is 35.6. The number of allylic oxidation sites excluding steroid dienone is 4. The normalized spacial score (nSPS) is 12.4. The van der Waals surface area contributed by atoms with Gasteiger partial charge in [0.25, 0.3) is 0 Å². The summed E-state index contributed by atoms with van der Waals surface area (Å²) in [5.41, 5.74) is 17.0. The number of benzene rings is 10. The lowest BCUT2D eigenvalue weighted by molar-refractivity contribution is 0.932. The zero-order chi connectivity index (χ0) is 42.7. The lowest BCUT2D eigenvalue weighted by Gasteiger charge is -2.31. The van der Waals surface area contributed by atoms with Gasteiger partial charge in [-0.1, -0.05) is 200 Å². The minimum absolute atomic E-state index is 0.931. The maximum Gasteiger partial charge on any atom is 0.0540 e. The molecule has 304 valence electrons. The van der Waals surface area contributed by atoms with Crippen LogP contribution in [-0.2, 0) is 0 Å². The van der Waals surface area contributed by atoms with Gasteiger partial charge in [-0.25, -0.2) is 0 Å². The van der Waals surface area contributed by atoms with Gasteiger partial charge in [-0.15, -0.1) is 0 Å². The quantitative estimate of drug-likeness (QED) is 0.136. The van der Waals surface area contributed by atoms with Crippen molar-refractivity contribution in [1.29, 1.82) is 0 Å². The number of anilines is 5. The summed E-state index contributed by atoms with van der Waals surface area (Å²) in [7, 11) is 0. The second-order valence-corrected chi connectivity index (χ2v) is 16.4. The van der Waals surface area contributed by atoms with Gasteiger partial charge in [-0.05, 0) is 123 Å². The molecule has 0 aliphatic heterocycles. The van der Waals surface area contributed by atoms with E-state index < -0.39 is 0 Å². The van der Waals surface area contributed by atoms with Crippen molar-refractivity contribution in [3.05, 3.63) is 266 Å². The SMILES string of the molecule is C1=C(c2ccc(-c3ccc(N(c4ccccc4)c4ccc(-c5ccccc5)c5ccccc45)cc3)cc2)CCC(N(c2ccccc2)c2ccc(-c3ccccc3)c3ccccc23)=C1. The summed E-state index contributed by atoms with van der Waals surface area (Å²) in [5.74, 6) is 0. The van der Waals surface area contributed by atoms with Crippen molar-refractivity contribution in [2.45, 2.75) is 12.8 Å². The molecule has 0 bridgehead atoms. The Morgan fingerprint density at radius 3 is 1.12 bits per heavy atom. The summed E-state index contributed by atoms with van der Waals surface area (Å²) < 4.78 is 0. The Bertz CT molecular complexity index is 3280. The van der Waals surface area contributed by atoms with Crippen molar-refractivity contribution in [3.8, 4) is 33.4 Å². The summed E-state index contributed by atoms with van der Waals surface area (Å²) in [6.45, 7) is 0. The van der Waals surface area contributed by atoms with Crippen LogP contribution in [0.2, 0.25) is 0 Å². The Hall–Kier alpha value is -8.20. The van der Waals surface area contributed by atoms with E-state index in [-0.39, 0.29) is 0 Å². The molecule has 2 heteroatoms. The largest absolute Gasteiger partial charge is 0.314 e. The summed E-state index contributed by atoms with van der Waals surface area (Å²) in [6.07, 6.45) is 6.54. The van der Waals surface area contributed by atoms with Crippen LogP contribution >= 0.6 is 0 Å². The molecule has 10 aromatic rings. The second-order valence-electron chi connectivity index (χ2n) is 16.4. The van der Waals surface area contributed by atoms with E-state index in [4.69, 9.17) is 0 Å². The molecule has 2 nitrogen and oxygen atoms in total. The van der Waals surface area contributed by atoms with E-state index in [1.165, 1.54) is 83.1 Å². The molecule has 64 heavy (non-hydrogen) atoms. The Labute approximate surface area is 376 Å². The van der Waals surface area contributed by atoms with Crippen molar-refractivity contribution in [2.24, 2.45) is 0 Å². The van der Waals surface area contributed by atoms with E-state index in [2.05, 4.69) is 265 Å². The fourth-order valence-corrected chi connectivity index (χ4v) is 9.47. The molecule has 11 rings (SSSR count). The number of hydrogen-bond donors (Lipinski definition) is 0. The first-order valence-corrected chi connectivity index (χ1v) is 22.2. The number of rotatable bonds is 10. The maximum atomic E-state index is 2.46. The highest BCUT2D eigenvalue weighted by atomic mass is 15.2. The maximum absolute atomic E-state index is 2.46. The molecule has 0 saturated heterocycles. The van der Waals surface area contributed by atoms with Gasteiger partial charge in [0.2, 0.25) is 0 Å². The Kier molecular flexibility index (Phi) is 10.5. The third kappa shape index (κ3) is 7.46. The molecule has 0 spiro atoms. The Morgan fingerprint density at radius 2 is 0.641 bits per heavy atom. The van der Waals surface area contributed by atoms with Crippen LogP contribution in [0.4, 0.5) is 28.4 Å². The van der Waals surface area contributed by atoms with Gasteiger partial charge >= 0.3 is 0 Å². The van der Waals surface area contributed by atoms with Gasteiger partial charge in [-0.2, -0.15) is 0 Å². The first-order valence-electron chi connectivity index (χ1n) is 22.2. The topological polar surface area (TPSA) is 6.48 Å². The lowest BCUT2D eigenvalue weighted by Crippen LogP contribution is -2.18. The monoisotopic (exact) mass is 818 g/mol. The van der Waals surface area contributed by atoms with Gasteiger partial charge in [-0.3, -0.25) is 0 Å². The van der Waals surface area contributed by atoms with E-state index in [0.29, 0.717) is 0 Å². The van der Waals surface area contributed by atoms with E-state index >= 15 is 0 Å². The number of fused-ring (bicyclic) bond motifs is 2. The standard InChI is InChI=1S/C62H46N2/c1-5-17-49(18-6-1)55-41-43-61(59-27-15-13-25-57(55)59)63(51-21-9-3-10-22-51)53-37-33-47(34-38-53)45-29-31-46(32-30-45)48-35-39-54(40-36-48)64(52-23-11-4-12-24-52)62-44-42-56(50-19-7-2-8-20-50)58-26-14-16-28-60(58)62/h1-35,37-39,41-44H,36,40H2. The van der Waals surface area contributed by atoms with E-state index in [1.54, 1.807) is 0 Å². The van der Waals surface area contributed by atoms with Crippen LogP contribution < -0.4 is 9.80 Å². The van der Waals surface area contributed by atoms with E-state index in [9.17, 15) is 0 Å². The smallest absolute Gasteiger partial charge is 0.0540 e. The molecule has 10 aromatic carbocycles. The molecule has 1 aliphatic rings. The molecular weight excluding hydrogens is 773 g/mol. The average Bonchev–Trinajstić information content (AvgIpc) is 3.38. The number of para-hydroxylation sites is 2. The first kappa shape index (κ1) is 38.7. The molecule has 0 atom stereocenters. The second kappa shape index (κ2) is 17.3. The average molecular weight is 819 g/mol. The molecule has 0 heterocycles. The zero-order valence-corrected chi connectivity index (χ0v) is 35.6. The fourth-order valence-electron chi connectivity index (χ4n) is 9.47. The number of hydrogen-bond acceptors (Lipinski definition) is 2. The first-order chi connectivity index (χ1) is 31.8. The van der Waals surface area contributed by atoms with Gasteiger partial charge in [0.15, 0.2) is 0 Å². The molecule has 0 amide bonds. The molecule has 0 saturated carbocycles. The molecule has 1 aliphatic carbocycles. The predicted molar refractivity (Wildman–Crippen MR) is 273 cm³/mol. The van der Waals surface area contributed by atoms with E-state index in [0.717, 1.165) is 29.9 Å². The van der Waals surface area contributed by atoms with Gasteiger partial charge in [0, 0.05) is 33.5 Å². The van der Waals surface area contributed by atoms with Crippen LogP contribution in [0.1, 0.15) is 18.4 Å². The van der Waals surface area contributed by atoms with Crippen LogP contribution in [0, 0.1) is 0 Å². The Morgan fingerprint density at radius 1 is 0.250 bits per heavy atom. The van der Waals surface area contributed by atoms with Crippen LogP contribution in [0.5, 0.6) is 0 Å². The fraction of sp³-hybridized carbons (Fsp3) is 0.0323. The predicted octanol–water partition coefficient (Wildman–Crippen LogP) is 17.4. The highest BCUT2D eigenvalue weighted by Crippen LogP contribution is 2.44. The van der Waals surface area contributed by atoms with Crippen LogP contribution in [-0.4, -0.2) is 0 Å². The summed E-state index contributed by atoms with van der Waals surface area (Å²) in [4.78, 5) is 4.83. The molecular formula is C62H46N2. The van der Waals surface area contributed by atoms with Crippen molar-refractivity contribution in [3.63, 3.8) is 0 Å². The summed E-state index contributed by atoms with van der Waals surface area (Å²) in [5, 5.41) is 4.95. The molecule has 0 N–H and O–H groups in total. The van der Waals surface area contributed by atoms with E-state index in [1.807, 2.05) is 0 Å². The van der Waals surface area contributed by atoms with Gasteiger partial charge < -0.3 is 9.80 Å². The van der Waals surface area contributed by atoms with Crippen molar-refractivity contribution >= 4 is 55.6 Å². The third-order valence-electron chi connectivity index (χ3n) is 12.6. The van der Waals surface area contributed by atoms with Gasteiger partial charge in [0.05, 0.1) is 11.4 Å². The summed E-state index contributed by atoms with van der Waals surface area (Å²) >= 11 is 0. The van der Waals surface area contributed by atoms with Crippen LogP contribution in [0.15, 0.2) is 261 Å². The third-order valence-corrected chi connectivity index (χ3v) is 12.6. The molecule has 0 unspecified atom stereocenters. The van der Waals surface area contributed by atoms with Gasteiger partial charge in [0.1, 0.15) is 0 Å². The van der Waals surface area contributed by atoms with Crippen molar-refractivity contribution in [1.82, 2.24) is 0 Å². The lowest BCUT2D eigenvalue weighted by atomic mass is 9.92. The van der Waals surface area contributed by atoms with Crippen LogP contribution in [0.25, 0.3) is 60.5 Å². The highest BCUT2D eigenvalue weighted by molar-refractivity contribution is 6.07. The summed E-state index contributed by atoms with van der Waals surface area (Å²) in [6, 6.07) is 87.7. The minimum Gasteiger partial charge on any atom is -0.314 e.